The summed E-state index contributed by atoms with van der Waals surface area (Å²) in [5.41, 5.74) is 2.28. The molecule has 0 fully saturated rings. The number of ketones is 1. The molecular formula is C14H17N3O. The molecule has 4 heteroatoms. The maximum atomic E-state index is 12.0. The molecule has 0 radical (unpaired) electrons. The Labute approximate surface area is 106 Å². The highest BCUT2D eigenvalue weighted by atomic mass is 16.1. The van der Waals surface area contributed by atoms with E-state index in [0.717, 1.165) is 24.1 Å². The predicted molar refractivity (Wildman–Crippen MR) is 70.4 cm³/mol. The summed E-state index contributed by atoms with van der Waals surface area (Å²) in [6, 6.07) is 3.78. The van der Waals surface area contributed by atoms with Gasteiger partial charge in [-0.2, -0.15) is 0 Å². The average Bonchev–Trinajstić information content (AvgIpc) is 2.79. The maximum Gasteiger partial charge on any atom is 0.183 e. The number of imidazole rings is 1. The summed E-state index contributed by atoms with van der Waals surface area (Å²) < 4.78 is 0. The van der Waals surface area contributed by atoms with Crippen molar-refractivity contribution in [2.24, 2.45) is 0 Å². The average molecular weight is 243 g/mol. The van der Waals surface area contributed by atoms with E-state index in [1.165, 1.54) is 0 Å². The molecule has 0 aromatic carbocycles. The van der Waals surface area contributed by atoms with Crippen LogP contribution >= 0.6 is 0 Å². The number of carbonyl (C=O) groups is 1. The molecule has 0 atom stereocenters. The van der Waals surface area contributed by atoms with Crippen molar-refractivity contribution in [3.05, 3.63) is 35.9 Å². The number of rotatable bonds is 5. The first-order valence-electron chi connectivity index (χ1n) is 6.22. The molecule has 2 aromatic rings. The van der Waals surface area contributed by atoms with Crippen molar-refractivity contribution in [2.45, 2.75) is 33.1 Å². The Morgan fingerprint density at radius 3 is 2.94 bits per heavy atom. The predicted octanol–water partition coefficient (Wildman–Crippen LogP) is 3.15. The van der Waals surface area contributed by atoms with Gasteiger partial charge in [-0.15, -0.1) is 0 Å². The van der Waals surface area contributed by atoms with Gasteiger partial charge in [0, 0.05) is 30.1 Å². The molecular weight excluding hydrogens is 226 g/mol. The Hall–Kier alpha value is -1.97. The van der Waals surface area contributed by atoms with Gasteiger partial charge >= 0.3 is 0 Å². The van der Waals surface area contributed by atoms with E-state index < -0.39 is 0 Å². The number of hydrogen-bond acceptors (Lipinski definition) is 3. The second-order valence-electron chi connectivity index (χ2n) is 4.33. The van der Waals surface area contributed by atoms with Gasteiger partial charge in [0.05, 0.1) is 0 Å². The van der Waals surface area contributed by atoms with Crippen LogP contribution < -0.4 is 0 Å². The largest absolute Gasteiger partial charge is 0.341 e. The molecule has 0 saturated carbocycles. The second kappa shape index (κ2) is 5.58. The zero-order chi connectivity index (χ0) is 13.0. The first-order chi connectivity index (χ1) is 8.72. The van der Waals surface area contributed by atoms with E-state index in [1.54, 1.807) is 12.4 Å². The summed E-state index contributed by atoms with van der Waals surface area (Å²) in [4.78, 5) is 23.6. The Bertz CT molecular complexity index is 531. The highest BCUT2D eigenvalue weighted by molar-refractivity contribution is 5.95. The first-order valence-corrected chi connectivity index (χ1v) is 6.22. The van der Waals surface area contributed by atoms with Crippen molar-refractivity contribution in [1.29, 1.82) is 0 Å². The minimum atomic E-state index is 0.112. The molecule has 18 heavy (non-hydrogen) atoms. The van der Waals surface area contributed by atoms with E-state index in [2.05, 4.69) is 21.9 Å². The first kappa shape index (κ1) is 12.5. The fourth-order valence-electron chi connectivity index (χ4n) is 1.83. The van der Waals surface area contributed by atoms with Gasteiger partial charge in [0.1, 0.15) is 11.5 Å². The number of nitrogens with one attached hydrogen (secondary N) is 1. The number of aromatic amines is 1. The molecule has 0 aliphatic rings. The van der Waals surface area contributed by atoms with Gasteiger partial charge in [-0.3, -0.25) is 9.78 Å². The maximum absolute atomic E-state index is 12.0. The van der Waals surface area contributed by atoms with Gasteiger partial charge in [0.2, 0.25) is 0 Å². The standard InChI is InChI=1S/C14H17N3O/c1-3-4-7-12(18)13-10(2)16-14(17-13)11-6-5-8-15-9-11/h5-6,8-9H,3-4,7H2,1-2H3,(H,16,17). The molecule has 0 spiro atoms. The van der Waals surface area contributed by atoms with Gasteiger partial charge in [-0.25, -0.2) is 4.98 Å². The number of aromatic nitrogens is 3. The second-order valence-corrected chi connectivity index (χ2v) is 4.33. The third-order valence-electron chi connectivity index (χ3n) is 2.84. The van der Waals surface area contributed by atoms with Gasteiger partial charge in [-0.1, -0.05) is 13.3 Å². The summed E-state index contributed by atoms with van der Waals surface area (Å²) in [6.45, 7) is 3.96. The van der Waals surface area contributed by atoms with Crippen LogP contribution in [0.1, 0.15) is 42.4 Å². The normalized spacial score (nSPS) is 10.6. The van der Waals surface area contributed by atoms with Gasteiger partial charge in [0.15, 0.2) is 5.78 Å². The van der Waals surface area contributed by atoms with E-state index in [4.69, 9.17) is 0 Å². The number of H-pyrrole nitrogens is 1. The molecule has 0 bridgehead atoms. The van der Waals surface area contributed by atoms with E-state index in [-0.39, 0.29) is 5.78 Å². The van der Waals surface area contributed by atoms with Crippen molar-refractivity contribution in [3.8, 4) is 11.4 Å². The number of carbonyl (C=O) groups excluding carboxylic acids is 1. The van der Waals surface area contributed by atoms with Crippen molar-refractivity contribution >= 4 is 5.78 Å². The lowest BCUT2D eigenvalue weighted by Gasteiger charge is -1.96. The van der Waals surface area contributed by atoms with Crippen LogP contribution in [0.25, 0.3) is 11.4 Å². The number of nitrogens with zero attached hydrogens (tertiary/aromatic N) is 2. The van der Waals surface area contributed by atoms with Crippen molar-refractivity contribution in [1.82, 2.24) is 15.0 Å². The minimum absolute atomic E-state index is 0.112. The van der Waals surface area contributed by atoms with Crippen LogP contribution in [0.4, 0.5) is 0 Å². The van der Waals surface area contributed by atoms with Crippen LogP contribution in [0.15, 0.2) is 24.5 Å². The lowest BCUT2D eigenvalue weighted by Crippen LogP contribution is -2.01. The molecule has 2 rings (SSSR count). The van der Waals surface area contributed by atoms with Crippen LogP contribution in [0.3, 0.4) is 0 Å². The summed E-state index contributed by atoms with van der Waals surface area (Å²) in [6.07, 6.45) is 5.94. The molecule has 0 aliphatic carbocycles. The summed E-state index contributed by atoms with van der Waals surface area (Å²) in [7, 11) is 0. The van der Waals surface area contributed by atoms with Crippen LogP contribution in [0, 0.1) is 6.92 Å². The summed E-state index contributed by atoms with van der Waals surface area (Å²) in [5, 5.41) is 0. The van der Waals surface area contributed by atoms with Crippen LogP contribution in [0.5, 0.6) is 0 Å². The molecule has 4 nitrogen and oxygen atoms in total. The smallest absolute Gasteiger partial charge is 0.183 e. The number of Topliss-reactive ketones (excluding diaryl/α,β-unsaturated/α-hetero) is 1. The fourth-order valence-corrected chi connectivity index (χ4v) is 1.83. The number of aryl methyl sites for hydroxylation is 1. The highest BCUT2D eigenvalue weighted by Gasteiger charge is 2.14. The lowest BCUT2D eigenvalue weighted by molar-refractivity contribution is 0.0975. The molecule has 1 N–H and O–H groups in total. The van der Waals surface area contributed by atoms with Gasteiger partial charge in [0.25, 0.3) is 0 Å². The van der Waals surface area contributed by atoms with Crippen molar-refractivity contribution < 1.29 is 4.79 Å². The monoisotopic (exact) mass is 243 g/mol. The molecule has 94 valence electrons. The number of pyridine rings is 1. The minimum Gasteiger partial charge on any atom is -0.341 e. The van der Waals surface area contributed by atoms with E-state index >= 15 is 0 Å². The molecule has 2 aromatic heterocycles. The van der Waals surface area contributed by atoms with Crippen LogP contribution in [-0.4, -0.2) is 20.7 Å². The third kappa shape index (κ3) is 2.64. The quantitative estimate of drug-likeness (QED) is 0.821. The van der Waals surface area contributed by atoms with Crippen LogP contribution in [-0.2, 0) is 0 Å². The van der Waals surface area contributed by atoms with Crippen molar-refractivity contribution in [3.63, 3.8) is 0 Å². The van der Waals surface area contributed by atoms with E-state index in [9.17, 15) is 4.79 Å². The van der Waals surface area contributed by atoms with E-state index in [1.807, 2.05) is 19.1 Å². The number of unbranched alkanes of at least 4 members (excludes halogenated alkanes) is 1. The third-order valence-corrected chi connectivity index (χ3v) is 2.84. The van der Waals surface area contributed by atoms with Crippen molar-refractivity contribution in [2.75, 3.05) is 0 Å². The zero-order valence-electron chi connectivity index (χ0n) is 10.7. The lowest BCUT2D eigenvalue weighted by atomic mass is 10.1. The van der Waals surface area contributed by atoms with Gasteiger partial charge < -0.3 is 4.98 Å². The topological polar surface area (TPSA) is 58.6 Å². The fraction of sp³-hybridized carbons (Fsp3) is 0.357. The molecule has 0 amide bonds. The Morgan fingerprint density at radius 1 is 1.44 bits per heavy atom. The molecule has 0 aliphatic heterocycles. The summed E-state index contributed by atoms with van der Waals surface area (Å²) >= 11 is 0. The Morgan fingerprint density at radius 2 is 2.28 bits per heavy atom. The SMILES string of the molecule is CCCCC(=O)c1nc(-c2cccnc2)[nH]c1C. The molecule has 0 saturated heterocycles. The molecule has 0 unspecified atom stereocenters. The zero-order valence-corrected chi connectivity index (χ0v) is 10.7. The summed E-state index contributed by atoms with van der Waals surface area (Å²) in [5.74, 6) is 0.821. The highest BCUT2D eigenvalue weighted by Crippen LogP contribution is 2.18. The Balaban J connectivity index is 2.25. The molecule has 2 heterocycles. The van der Waals surface area contributed by atoms with E-state index in [0.29, 0.717) is 17.9 Å². The van der Waals surface area contributed by atoms with Crippen LogP contribution in [0.2, 0.25) is 0 Å². The van der Waals surface area contributed by atoms with Gasteiger partial charge in [-0.05, 0) is 25.5 Å². The number of hydrogen-bond donors (Lipinski definition) is 1. The Kier molecular flexibility index (Phi) is 3.87.